The van der Waals surface area contributed by atoms with Gasteiger partial charge in [-0.05, 0) is 24.3 Å². The lowest BCUT2D eigenvalue weighted by atomic mass is 10.2. The highest BCUT2D eigenvalue weighted by Gasteiger charge is 2.20. The van der Waals surface area contributed by atoms with E-state index in [4.69, 9.17) is 9.47 Å². The van der Waals surface area contributed by atoms with Crippen molar-refractivity contribution in [1.82, 2.24) is 14.9 Å². The second-order valence-corrected chi connectivity index (χ2v) is 8.45. The van der Waals surface area contributed by atoms with Crippen LogP contribution in [0.25, 0.3) is 10.2 Å². The summed E-state index contributed by atoms with van der Waals surface area (Å²) in [5, 5.41) is 3.38. The van der Waals surface area contributed by atoms with Gasteiger partial charge < -0.3 is 19.3 Å². The van der Waals surface area contributed by atoms with E-state index in [1.807, 2.05) is 12.1 Å². The molecule has 0 saturated carbocycles. The SMILES string of the molecule is COc1ccc(N2CCOCC2)c2sc(NC(=O)c3ccnc(CN(C)C(C)=O)c3)nc12. The fourth-order valence-electron chi connectivity index (χ4n) is 3.47. The number of thiazole rings is 1. The molecule has 32 heavy (non-hydrogen) atoms. The Morgan fingerprint density at radius 1 is 1.28 bits per heavy atom. The summed E-state index contributed by atoms with van der Waals surface area (Å²) in [5.41, 5.74) is 2.86. The molecule has 0 radical (unpaired) electrons. The van der Waals surface area contributed by atoms with Crippen LogP contribution in [0.2, 0.25) is 0 Å². The van der Waals surface area contributed by atoms with Crippen LogP contribution in [0.15, 0.2) is 30.5 Å². The number of rotatable bonds is 6. The molecular weight excluding hydrogens is 430 g/mol. The molecule has 0 bridgehead atoms. The summed E-state index contributed by atoms with van der Waals surface area (Å²) in [5.74, 6) is 0.304. The van der Waals surface area contributed by atoms with Crippen molar-refractivity contribution in [2.75, 3.05) is 50.7 Å². The maximum atomic E-state index is 12.9. The predicted octanol–water partition coefficient (Wildman–Crippen LogP) is 2.77. The Labute approximate surface area is 190 Å². The van der Waals surface area contributed by atoms with Gasteiger partial charge in [0, 0.05) is 38.8 Å². The quantitative estimate of drug-likeness (QED) is 0.610. The normalized spacial score (nSPS) is 13.8. The summed E-state index contributed by atoms with van der Waals surface area (Å²) in [6.45, 7) is 4.78. The number of pyridine rings is 1. The number of amides is 2. The van der Waals surface area contributed by atoms with Gasteiger partial charge in [0.15, 0.2) is 5.13 Å². The minimum absolute atomic E-state index is 0.0684. The molecule has 2 aromatic heterocycles. The lowest BCUT2D eigenvalue weighted by Crippen LogP contribution is -2.36. The lowest BCUT2D eigenvalue weighted by molar-refractivity contribution is -0.128. The monoisotopic (exact) mass is 455 g/mol. The van der Waals surface area contributed by atoms with Crippen LogP contribution in [-0.4, -0.2) is 67.1 Å². The first kappa shape index (κ1) is 22.0. The van der Waals surface area contributed by atoms with E-state index in [0.29, 0.717) is 41.9 Å². The molecule has 0 aliphatic carbocycles. The highest BCUT2D eigenvalue weighted by Crippen LogP contribution is 2.39. The molecule has 10 heteroatoms. The van der Waals surface area contributed by atoms with Crippen molar-refractivity contribution in [1.29, 1.82) is 0 Å². The van der Waals surface area contributed by atoms with Crippen LogP contribution in [-0.2, 0) is 16.1 Å². The number of methoxy groups -OCH3 is 1. The molecule has 1 N–H and O–H groups in total. The molecule has 1 saturated heterocycles. The Hall–Kier alpha value is -3.24. The largest absolute Gasteiger partial charge is 0.494 e. The molecule has 3 aromatic rings. The minimum Gasteiger partial charge on any atom is -0.494 e. The van der Waals surface area contributed by atoms with Gasteiger partial charge in [-0.2, -0.15) is 0 Å². The number of aromatic nitrogens is 2. The Balaban J connectivity index is 1.59. The number of morpholine rings is 1. The van der Waals surface area contributed by atoms with Crippen molar-refractivity contribution in [2.24, 2.45) is 0 Å². The van der Waals surface area contributed by atoms with E-state index in [9.17, 15) is 9.59 Å². The van der Waals surface area contributed by atoms with E-state index in [0.717, 1.165) is 29.0 Å². The third-order valence-corrected chi connectivity index (χ3v) is 6.29. The molecule has 1 aliphatic heterocycles. The van der Waals surface area contributed by atoms with Gasteiger partial charge in [-0.1, -0.05) is 11.3 Å². The van der Waals surface area contributed by atoms with Crippen molar-refractivity contribution in [3.63, 3.8) is 0 Å². The second kappa shape index (κ2) is 9.49. The van der Waals surface area contributed by atoms with E-state index in [2.05, 4.69) is 20.2 Å². The van der Waals surface area contributed by atoms with E-state index < -0.39 is 0 Å². The number of ether oxygens (including phenoxy) is 2. The van der Waals surface area contributed by atoms with Crippen molar-refractivity contribution in [2.45, 2.75) is 13.5 Å². The number of hydrogen-bond donors (Lipinski definition) is 1. The van der Waals surface area contributed by atoms with Crippen LogP contribution < -0.4 is 15.0 Å². The first-order valence-electron chi connectivity index (χ1n) is 10.2. The Morgan fingerprint density at radius 2 is 2.06 bits per heavy atom. The van der Waals surface area contributed by atoms with Crippen LogP contribution in [0.3, 0.4) is 0 Å². The van der Waals surface area contributed by atoms with Gasteiger partial charge in [0.25, 0.3) is 5.91 Å². The van der Waals surface area contributed by atoms with E-state index in [1.54, 1.807) is 32.5 Å². The maximum Gasteiger partial charge on any atom is 0.257 e. The number of nitrogens with one attached hydrogen (secondary N) is 1. The van der Waals surface area contributed by atoms with Crippen LogP contribution in [0.5, 0.6) is 5.75 Å². The average Bonchev–Trinajstić information content (AvgIpc) is 3.22. The van der Waals surface area contributed by atoms with Gasteiger partial charge in [0.2, 0.25) is 5.91 Å². The molecule has 4 rings (SSSR count). The summed E-state index contributed by atoms with van der Waals surface area (Å²) in [6, 6.07) is 7.25. The zero-order valence-corrected chi connectivity index (χ0v) is 19.1. The van der Waals surface area contributed by atoms with Gasteiger partial charge >= 0.3 is 0 Å². The van der Waals surface area contributed by atoms with E-state index >= 15 is 0 Å². The van der Waals surface area contributed by atoms with E-state index in [1.165, 1.54) is 23.2 Å². The fraction of sp³-hybridized carbons (Fsp3) is 0.364. The van der Waals surface area contributed by atoms with Crippen LogP contribution >= 0.6 is 11.3 Å². The van der Waals surface area contributed by atoms with Gasteiger partial charge in [0.1, 0.15) is 11.3 Å². The third-order valence-electron chi connectivity index (χ3n) is 5.29. The number of carbonyl (C=O) groups is 2. The number of nitrogens with zero attached hydrogens (tertiary/aromatic N) is 4. The molecule has 1 aliphatic rings. The topological polar surface area (TPSA) is 96.9 Å². The van der Waals surface area contributed by atoms with Crippen molar-refractivity contribution in [3.8, 4) is 5.75 Å². The van der Waals surface area contributed by atoms with Crippen molar-refractivity contribution < 1.29 is 19.1 Å². The first-order chi connectivity index (χ1) is 15.5. The highest BCUT2D eigenvalue weighted by atomic mass is 32.1. The molecule has 1 aromatic carbocycles. The molecule has 9 nitrogen and oxygen atoms in total. The Kier molecular flexibility index (Phi) is 6.52. The third kappa shape index (κ3) is 4.66. The molecular formula is C22H25N5O4S. The average molecular weight is 456 g/mol. The molecule has 1 fully saturated rings. The summed E-state index contributed by atoms with van der Waals surface area (Å²) in [6.07, 6.45) is 1.57. The smallest absolute Gasteiger partial charge is 0.257 e. The van der Waals surface area contributed by atoms with Gasteiger partial charge in [-0.3, -0.25) is 19.9 Å². The molecule has 168 valence electrons. The van der Waals surface area contributed by atoms with E-state index in [-0.39, 0.29) is 11.8 Å². The lowest BCUT2D eigenvalue weighted by Gasteiger charge is -2.29. The Bertz CT molecular complexity index is 1140. The molecule has 0 atom stereocenters. The predicted molar refractivity (Wildman–Crippen MR) is 124 cm³/mol. The highest BCUT2D eigenvalue weighted by molar-refractivity contribution is 7.23. The number of benzene rings is 1. The molecule has 2 amide bonds. The van der Waals surface area contributed by atoms with Gasteiger partial charge in [-0.15, -0.1) is 0 Å². The first-order valence-corrected chi connectivity index (χ1v) is 11.1. The molecule has 0 unspecified atom stereocenters. The maximum absolute atomic E-state index is 12.9. The van der Waals surface area contributed by atoms with Crippen LogP contribution in [0, 0.1) is 0 Å². The Morgan fingerprint density at radius 3 is 2.78 bits per heavy atom. The van der Waals surface area contributed by atoms with Gasteiger partial charge in [-0.25, -0.2) is 4.98 Å². The van der Waals surface area contributed by atoms with Crippen molar-refractivity contribution >= 4 is 44.2 Å². The zero-order chi connectivity index (χ0) is 22.7. The summed E-state index contributed by atoms with van der Waals surface area (Å²) in [4.78, 5) is 37.1. The number of anilines is 2. The van der Waals surface area contributed by atoms with Crippen LogP contribution in [0.1, 0.15) is 23.0 Å². The molecule has 3 heterocycles. The van der Waals surface area contributed by atoms with Crippen molar-refractivity contribution in [3.05, 3.63) is 41.7 Å². The summed E-state index contributed by atoms with van der Waals surface area (Å²) < 4.78 is 11.9. The number of fused-ring (bicyclic) bond motifs is 1. The number of hydrogen-bond acceptors (Lipinski definition) is 8. The standard InChI is InChI=1S/C22H25N5O4S/c1-14(28)26(2)13-16-12-15(6-7-23-16)21(29)25-22-24-19-18(30-3)5-4-17(20(19)32-22)27-8-10-31-11-9-27/h4-7,12H,8-11,13H2,1-3H3,(H,24,25,29). The second-order valence-electron chi connectivity index (χ2n) is 7.45. The summed E-state index contributed by atoms with van der Waals surface area (Å²) in [7, 11) is 3.30. The summed E-state index contributed by atoms with van der Waals surface area (Å²) >= 11 is 1.41. The minimum atomic E-state index is -0.287. The fourth-order valence-corrected chi connectivity index (χ4v) is 4.49. The van der Waals surface area contributed by atoms with Gasteiger partial charge in [0.05, 0.1) is 42.9 Å². The zero-order valence-electron chi connectivity index (χ0n) is 18.3. The van der Waals surface area contributed by atoms with Crippen LogP contribution in [0.4, 0.5) is 10.8 Å². The number of carbonyl (C=O) groups excluding carboxylic acids is 2. The molecule has 0 spiro atoms.